The second-order valence-corrected chi connectivity index (χ2v) is 9.70. The molecule has 1 aliphatic rings. The van der Waals surface area contributed by atoms with Gasteiger partial charge in [-0.05, 0) is 45.7 Å². The quantitative estimate of drug-likeness (QED) is 0.662. The number of nitrogens with one attached hydrogen (secondary N) is 1. The molecule has 0 aliphatic carbocycles. The summed E-state index contributed by atoms with van der Waals surface area (Å²) in [7, 11) is -2.39. The molecule has 32 heavy (non-hydrogen) atoms. The van der Waals surface area contributed by atoms with Crippen molar-refractivity contribution in [2.75, 3.05) is 25.0 Å². The molecule has 3 rings (SSSR count). The van der Waals surface area contributed by atoms with Crippen LogP contribution in [0.15, 0.2) is 29.2 Å². The minimum atomic E-state index is -4.08. The van der Waals surface area contributed by atoms with Gasteiger partial charge in [-0.25, -0.2) is 17.6 Å². The second-order valence-electron chi connectivity index (χ2n) is 7.83. The molecule has 0 spiro atoms. The van der Waals surface area contributed by atoms with E-state index in [9.17, 15) is 22.4 Å². The molecule has 2 heterocycles. The van der Waals surface area contributed by atoms with Gasteiger partial charge in [0.05, 0.1) is 18.2 Å². The summed E-state index contributed by atoms with van der Waals surface area (Å²) in [6.45, 7) is 5.24. The van der Waals surface area contributed by atoms with Crippen molar-refractivity contribution in [3.8, 4) is 0 Å². The van der Waals surface area contributed by atoms with Crippen molar-refractivity contribution in [3.05, 3.63) is 47.0 Å². The van der Waals surface area contributed by atoms with Gasteiger partial charge in [0.2, 0.25) is 15.9 Å². The lowest BCUT2D eigenvalue weighted by Crippen LogP contribution is -2.44. The van der Waals surface area contributed by atoms with E-state index in [2.05, 4.69) is 5.32 Å². The third-order valence-electron chi connectivity index (χ3n) is 5.89. The Morgan fingerprint density at radius 3 is 2.56 bits per heavy atom. The molecule has 174 valence electrons. The van der Waals surface area contributed by atoms with Gasteiger partial charge in [0.15, 0.2) is 0 Å². The van der Waals surface area contributed by atoms with Crippen LogP contribution in [-0.4, -0.2) is 48.9 Å². The number of carbonyl (C=O) groups excluding carboxylic acids is 2. The Morgan fingerprint density at radius 2 is 1.91 bits per heavy atom. The van der Waals surface area contributed by atoms with E-state index in [1.807, 2.05) is 0 Å². The van der Waals surface area contributed by atoms with E-state index in [0.717, 1.165) is 0 Å². The van der Waals surface area contributed by atoms with Gasteiger partial charge in [-0.3, -0.25) is 4.79 Å². The summed E-state index contributed by atoms with van der Waals surface area (Å²) in [6.07, 6.45) is 0.942. The van der Waals surface area contributed by atoms with Crippen LogP contribution < -0.4 is 5.32 Å². The van der Waals surface area contributed by atoms with Crippen LogP contribution in [0.25, 0.3) is 0 Å². The molecule has 1 aromatic heterocycles. The number of ether oxygens (including phenoxy) is 1. The first-order valence-corrected chi connectivity index (χ1v) is 11.9. The molecule has 0 bridgehead atoms. The van der Waals surface area contributed by atoms with E-state index in [1.165, 1.54) is 22.5 Å². The fraction of sp³-hybridized carbons (Fsp3) is 0.455. The van der Waals surface area contributed by atoms with Crippen molar-refractivity contribution < 1.29 is 27.1 Å². The minimum Gasteiger partial charge on any atom is -0.462 e. The number of halogens is 1. The number of piperidine rings is 1. The zero-order valence-corrected chi connectivity index (χ0v) is 19.5. The lowest BCUT2D eigenvalue weighted by atomic mass is 9.98. The lowest BCUT2D eigenvalue weighted by molar-refractivity contribution is -0.120. The third-order valence-corrected chi connectivity index (χ3v) is 7.91. The van der Waals surface area contributed by atoms with Gasteiger partial charge in [0, 0.05) is 31.5 Å². The highest BCUT2D eigenvalue weighted by molar-refractivity contribution is 7.89. The Morgan fingerprint density at radius 1 is 1.22 bits per heavy atom. The third kappa shape index (κ3) is 4.42. The van der Waals surface area contributed by atoms with Gasteiger partial charge in [-0.1, -0.05) is 12.1 Å². The molecule has 1 unspecified atom stereocenters. The number of hydrogen-bond donors (Lipinski definition) is 1. The number of anilines is 1. The highest BCUT2D eigenvalue weighted by atomic mass is 32.2. The summed E-state index contributed by atoms with van der Waals surface area (Å²) in [5.41, 5.74) is 0.982. The second kappa shape index (κ2) is 9.41. The summed E-state index contributed by atoms with van der Waals surface area (Å²) < 4.78 is 49.1. The maximum atomic E-state index is 13.9. The maximum Gasteiger partial charge on any atom is 0.341 e. The van der Waals surface area contributed by atoms with E-state index in [0.29, 0.717) is 24.2 Å². The molecule has 1 N–H and O–H groups in total. The summed E-state index contributed by atoms with van der Waals surface area (Å²) in [5.74, 6) is -2.34. The first-order valence-electron chi connectivity index (χ1n) is 10.5. The standard InChI is InChI=1S/C22H28FN3O5S/c1-5-31-22(28)19-14(2)25(4)15(3)20(19)32(29,30)26-12-8-9-16(13-26)21(27)24-18-11-7-6-10-17(18)23/h6-7,10-11,16H,5,8-9,12-13H2,1-4H3,(H,24,27). The molecule has 1 atom stereocenters. The Balaban J connectivity index is 1.90. The number of esters is 1. The number of benzene rings is 1. The number of sulfonamides is 1. The number of rotatable bonds is 6. The van der Waals surface area contributed by atoms with Gasteiger partial charge in [0.25, 0.3) is 0 Å². The van der Waals surface area contributed by atoms with Crippen molar-refractivity contribution in [2.24, 2.45) is 13.0 Å². The number of carbonyl (C=O) groups is 2. The van der Waals surface area contributed by atoms with Crippen LogP contribution in [0.1, 0.15) is 41.5 Å². The van der Waals surface area contributed by atoms with Crippen molar-refractivity contribution in [1.82, 2.24) is 8.87 Å². The Kier molecular flexibility index (Phi) is 7.04. The van der Waals surface area contributed by atoms with Crippen LogP contribution in [0.5, 0.6) is 0 Å². The van der Waals surface area contributed by atoms with Crippen molar-refractivity contribution >= 4 is 27.6 Å². The molecular weight excluding hydrogens is 437 g/mol. The average molecular weight is 466 g/mol. The highest BCUT2D eigenvalue weighted by Crippen LogP contribution is 2.32. The molecule has 0 saturated carbocycles. The number of para-hydroxylation sites is 1. The van der Waals surface area contributed by atoms with Crippen LogP contribution in [0, 0.1) is 25.6 Å². The van der Waals surface area contributed by atoms with Crippen LogP contribution >= 0.6 is 0 Å². The van der Waals surface area contributed by atoms with Gasteiger partial charge in [-0.2, -0.15) is 4.31 Å². The van der Waals surface area contributed by atoms with E-state index < -0.39 is 33.6 Å². The molecule has 2 aromatic rings. The zero-order valence-electron chi connectivity index (χ0n) is 18.6. The van der Waals surface area contributed by atoms with Gasteiger partial charge in [-0.15, -0.1) is 0 Å². The highest BCUT2D eigenvalue weighted by Gasteiger charge is 2.39. The largest absolute Gasteiger partial charge is 0.462 e. The van der Waals surface area contributed by atoms with E-state index in [4.69, 9.17) is 4.74 Å². The fourth-order valence-corrected chi connectivity index (χ4v) is 5.98. The van der Waals surface area contributed by atoms with Crippen LogP contribution in [0.4, 0.5) is 10.1 Å². The molecule has 10 heteroatoms. The van der Waals surface area contributed by atoms with Gasteiger partial charge < -0.3 is 14.6 Å². The van der Waals surface area contributed by atoms with E-state index in [1.54, 1.807) is 38.5 Å². The summed E-state index contributed by atoms with van der Waals surface area (Å²) in [6, 6.07) is 5.82. The number of hydrogen-bond acceptors (Lipinski definition) is 5. The van der Waals surface area contributed by atoms with Crippen molar-refractivity contribution in [2.45, 2.75) is 38.5 Å². The average Bonchev–Trinajstić information content (AvgIpc) is 3.00. The number of amides is 1. The smallest absolute Gasteiger partial charge is 0.341 e. The molecule has 1 aromatic carbocycles. The zero-order chi connectivity index (χ0) is 23.6. The predicted octanol–water partition coefficient (Wildman–Crippen LogP) is 3.00. The van der Waals surface area contributed by atoms with Crippen LogP contribution in [0.2, 0.25) is 0 Å². The van der Waals surface area contributed by atoms with Crippen LogP contribution in [0.3, 0.4) is 0 Å². The summed E-state index contributed by atoms with van der Waals surface area (Å²) >= 11 is 0. The molecule has 1 amide bonds. The maximum absolute atomic E-state index is 13.9. The molecule has 8 nitrogen and oxygen atoms in total. The first-order chi connectivity index (χ1) is 15.1. The summed E-state index contributed by atoms with van der Waals surface area (Å²) in [5, 5.41) is 2.55. The normalized spacial score (nSPS) is 17.2. The number of aromatic nitrogens is 1. The Bertz CT molecular complexity index is 1140. The Hall–Kier alpha value is -2.72. The lowest BCUT2D eigenvalue weighted by Gasteiger charge is -2.31. The molecule has 0 radical (unpaired) electrons. The van der Waals surface area contributed by atoms with Gasteiger partial charge in [0.1, 0.15) is 16.3 Å². The monoisotopic (exact) mass is 465 g/mol. The first kappa shape index (κ1) is 23.9. The van der Waals surface area contributed by atoms with Crippen molar-refractivity contribution in [1.29, 1.82) is 0 Å². The molecule has 1 fully saturated rings. The minimum absolute atomic E-state index is 0.0183. The predicted molar refractivity (Wildman–Crippen MR) is 117 cm³/mol. The van der Waals surface area contributed by atoms with E-state index >= 15 is 0 Å². The number of nitrogens with zero attached hydrogens (tertiary/aromatic N) is 2. The molecular formula is C22H28FN3O5S. The molecule has 1 saturated heterocycles. The topological polar surface area (TPSA) is 97.7 Å². The van der Waals surface area contributed by atoms with Gasteiger partial charge >= 0.3 is 5.97 Å². The molecule has 1 aliphatic heterocycles. The van der Waals surface area contributed by atoms with Crippen LogP contribution in [-0.2, 0) is 26.6 Å². The van der Waals surface area contributed by atoms with E-state index in [-0.39, 0.29) is 35.8 Å². The summed E-state index contributed by atoms with van der Waals surface area (Å²) in [4.78, 5) is 25.2. The fourth-order valence-electron chi connectivity index (χ4n) is 3.98. The Labute approximate surface area is 187 Å². The SMILES string of the molecule is CCOC(=O)c1c(S(=O)(=O)N2CCCC(C(=O)Nc3ccccc3F)C2)c(C)n(C)c1C. The van der Waals surface area contributed by atoms with Crippen molar-refractivity contribution in [3.63, 3.8) is 0 Å².